The van der Waals surface area contributed by atoms with E-state index in [2.05, 4.69) is 92.5 Å². The lowest BCUT2D eigenvalue weighted by atomic mass is 9.91. The summed E-state index contributed by atoms with van der Waals surface area (Å²) in [6.07, 6.45) is 1.89. The molecular formula is C23H22NOPS. The van der Waals surface area contributed by atoms with Gasteiger partial charge in [-0.3, -0.25) is 0 Å². The number of aryl methyl sites for hydroxylation is 2. The molecule has 1 aliphatic heterocycles. The third kappa shape index (κ3) is 3.22. The first-order chi connectivity index (χ1) is 13.1. The zero-order chi connectivity index (χ0) is 19.0. The fraction of sp³-hybridized carbons (Fsp3) is 0.130. The zero-order valence-corrected chi connectivity index (χ0v) is 17.5. The highest BCUT2D eigenvalue weighted by Crippen LogP contribution is 2.44. The predicted octanol–water partition coefficient (Wildman–Crippen LogP) is 5.71. The van der Waals surface area contributed by atoms with E-state index in [9.17, 15) is 0 Å². The average Bonchev–Trinajstić information content (AvgIpc) is 2.68. The topological polar surface area (TPSA) is 12.5 Å². The molecule has 0 N–H and O–H groups in total. The fourth-order valence-corrected chi connectivity index (χ4v) is 5.96. The maximum atomic E-state index is 6.21. The van der Waals surface area contributed by atoms with Gasteiger partial charge in [-0.25, -0.2) is 0 Å². The van der Waals surface area contributed by atoms with Crippen molar-refractivity contribution < 1.29 is 4.52 Å². The van der Waals surface area contributed by atoms with Gasteiger partial charge in [-0.1, -0.05) is 66.4 Å². The minimum Gasteiger partial charge on any atom is -0.472 e. The fourth-order valence-electron chi connectivity index (χ4n) is 3.70. The van der Waals surface area contributed by atoms with Crippen LogP contribution in [0, 0.1) is 13.8 Å². The van der Waals surface area contributed by atoms with Crippen molar-refractivity contribution >= 4 is 41.0 Å². The molecule has 1 atom stereocenters. The first-order valence-electron chi connectivity index (χ1n) is 8.98. The molecule has 1 heterocycles. The van der Waals surface area contributed by atoms with E-state index in [0.29, 0.717) is 0 Å². The first kappa shape index (κ1) is 18.0. The Morgan fingerprint density at radius 1 is 0.815 bits per heavy atom. The van der Waals surface area contributed by atoms with Crippen LogP contribution in [0.25, 0.3) is 5.57 Å². The van der Waals surface area contributed by atoms with Crippen molar-refractivity contribution in [2.45, 2.75) is 13.8 Å². The Labute approximate surface area is 166 Å². The van der Waals surface area contributed by atoms with Crippen molar-refractivity contribution in [1.82, 2.24) is 0 Å². The van der Waals surface area contributed by atoms with Crippen LogP contribution < -0.4 is 10.2 Å². The molecule has 1 unspecified atom stereocenters. The molecule has 3 aromatic carbocycles. The number of fused-ring (bicyclic) bond motifs is 2. The van der Waals surface area contributed by atoms with E-state index in [1.165, 1.54) is 38.9 Å². The summed E-state index contributed by atoms with van der Waals surface area (Å²) in [4.78, 5) is 2.23. The van der Waals surface area contributed by atoms with Gasteiger partial charge in [-0.15, -0.1) is 0 Å². The molecule has 0 radical (unpaired) electrons. The molecule has 0 amide bonds. The second-order valence-corrected chi connectivity index (χ2v) is 9.22. The molecular weight excluding hydrogens is 369 g/mol. The molecule has 0 aliphatic carbocycles. The van der Waals surface area contributed by atoms with Gasteiger partial charge in [0.05, 0.1) is 6.26 Å². The SMILES string of the molecule is Cc1cccc(C)c1[PH](=S)OC=C1c2ccccc2N(C)c2ccccc21. The van der Waals surface area contributed by atoms with Crippen LogP contribution in [-0.4, -0.2) is 7.05 Å². The molecule has 4 heteroatoms. The van der Waals surface area contributed by atoms with Crippen molar-refractivity contribution in [1.29, 1.82) is 0 Å². The molecule has 0 aromatic heterocycles. The van der Waals surface area contributed by atoms with Crippen LogP contribution in [0.15, 0.2) is 73.0 Å². The Bertz CT molecular complexity index is 1000. The lowest BCUT2D eigenvalue weighted by molar-refractivity contribution is 0.558. The molecule has 0 fully saturated rings. The number of anilines is 2. The summed E-state index contributed by atoms with van der Waals surface area (Å²) in [6.45, 7) is 2.66. The van der Waals surface area contributed by atoms with Gasteiger partial charge in [0.25, 0.3) is 0 Å². The summed E-state index contributed by atoms with van der Waals surface area (Å²) in [7, 11) is 2.11. The molecule has 27 heavy (non-hydrogen) atoms. The Morgan fingerprint density at radius 3 is 1.89 bits per heavy atom. The van der Waals surface area contributed by atoms with Crippen LogP contribution >= 0.6 is 6.92 Å². The predicted molar refractivity (Wildman–Crippen MR) is 120 cm³/mol. The molecule has 1 aliphatic rings. The maximum Gasteiger partial charge on any atom is 0.131 e. The van der Waals surface area contributed by atoms with Crippen molar-refractivity contribution in [3.8, 4) is 0 Å². The Hall–Kier alpha value is -2.35. The van der Waals surface area contributed by atoms with Crippen LogP contribution in [0.1, 0.15) is 22.3 Å². The molecule has 2 nitrogen and oxygen atoms in total. The van der Waals surface area contributed by atoms with E-state index in [4.69, 9.17) is 16.3 Å². The van der Waals surface area contributed by atoms with Gasteiger partial charge in [0.1, 0.15) is 6.92 Å². The lowest BCUT2D eigenvalue weighted by Gasteiger charge is -2.31. The molecule has 136 valence electrons. The van der Waals surface area contributed by atoms with Gasteiger partial charge in [0, 0.05) is 40.4 Å². The van der Waals surface area contributed by atoms with Crippen molar-refractivity contribution in [2.75, 3.05) is 11.9 Å². The molecule has 0 spiro atoms. The number of hydrogen-bond donors (Lipinski definition) is 0. The third-order valence-electron chi connectivity index (χ3n) is 5.08. The summed E-state index contributed by atoms with van der Waals surface area (Å²) in [5.74, 6) is 0. The summed E-state index contributed by atoms with van der Waals surface area (Å²) < 4.78 is 6.21. The highest BCUT2D eigenvalue weighted by Gasteiger charge is 2.23. The van der Waals surface area contributed by atoms with Crippen LogP contribution in [0.4, 0.5) is 11.4 Å². The van der Waals surface area contributed by atoms with Crippen molar-refractivity contribution in [3.05, 3.63) is 95.2 Å². The standard InChI is InChI=1S/C23H22NOPS/c1-16-9-8-10-17(2)23(16)26(27)25-15-20-18-11-4-6-13-21(18)24(3)22-14-7-5-12-19(20)22/h4-15,26H,1-3H3. The first-order valence-corrected chi connectivity index (χ1v) is 11.5. The van der Waals surface area contributed by atoms with E-state index >= 15 is 0 Å². The second kappa shape index (κ2) is 7.34. The van der Waals surface area contributed by atoms with E-state index in [1.807, 2.05) is 6.26 Å². The van der Waals surface area contributed by atoms with Crippen LogP contribution in [0.3, 0.4) is 0 Å². The third-order valence-corrected chi connectivity index (χ3v) is 7.51. The number of benzene rings is 3. The number of nitrogens with zero attached hydrogens (tertiary/aromatic N) is 1. The van der Waals surface area contributed by atoms with Gasteiger partial charge in [0.15, 0.2) is 0 Å². The van der Waals surface area contributed by atoms with Crippen molar-refractivity contribution in [2.24, 2.45) is 0 Å². The van der Waals surface area contributed by atoms with E-state index < -0.39 is 6.92 Å². The summed E-state index contributed by atoms with van der Waals surface area (Å²) in [5.41, 5.74) is 8.21. The average molecular weight is 391 g/mol. The smallest absolute Gasteiger partial charge is 0.131 e. The quantitative estimate of drug-likeness (QED) is 0.419. The summed E-state index contributed by atoms with van der Waals surface area (Å²) >= 11 is 5.79. The van der Waals surface area contributed by atoms with E-state index in [0.717, 1.165) is 5.57 Å². The van der Waals surface area contributed by atoms with Gasteiger partial charge in [-0.2, -0.15) is 0 Å². The zero-order valence-electron chi connectivity index (χ0n) is 15.7. The maximum absolute atomic E-state index is 6.21. The molecule has 0 saturated heterocycles. The number of rotatable bonds is 3. The van der Waals surface area contributed by atoms with Crippen LogP contribution in [0.2, 0.25) is 0 Å². The van der Waals surface area contributed by atoms with Crippen molar-refractivity contribution in [3.63, 3.8) is 0 Å². The monoisotopic (exact) mass is 391 g/mol. The largest absolute Gasteiger partial charge is 0.472 e. The molecule has 3 aromatic rings. The molecule has 0 saturated carbocycles. The normalized spacial score (nSPS) is 13.6. The molecule has 4 rings (SSSR count). The van der Waals surface area contributed by atoms with Gasteiger partial charge < -0.3 is 9.42 Å². The Kier molecular flexibility index (Phi) is 4.90. The van der Waals surface area contributed by atoms with Gasteiger partial charge in [0.2, 0.25) is 0 Å². The van der Waals surface area contributed by atoms with E-state index in [-0.39, 0.29) is 0 Å². The number of hydrogen-bond acceptors (Lipinski definition) is 3. The molecule has 0 bridgehead atoms. The highest BCUT2D eigenvalue weighted by atomic mass is 32.4. The van der Waals surface area contributed by atoms with E-state index in [1.54, 1.807) is 0 Å². The highest BCUT2D eigenvalue weighted by molar-refractivity contribution is 8.06. The van der Waals surface area contributed by atoms with Crippen LogP contribution in [0.5, 0.6) is 0 Å². The summed E-state index contributed by atoms with van der Waals surface area (Å²) in [6, 6.07) is 23.1. The van der Waals surface area contributed by atoms with Gasteiger partial charge >= 0.3 is 0 Å². The Balaban J connectivity index is 1.78. The minimum absolute atomic E-state index is 1.10. The van der Waals surface area contributed by atoms with Crippen LogP contribution in [-0.2, 0) is 16.3 Å². The van der Waals surface area contributed by atoms with Gasteiger partial charge in [-0.05, 0) is 37.1 Å². The Morgan fingerprint density at radius 2 is 1.33 bits per heavy atom. The summed E-state index contributed by atoms with van der Waals surface area (Å²) in [5, 5.41) is 1.18. The number of para-hydroxylation sites is 2. The minimum atomic E-state index is -1.55. The second-order valence-electron chi connectivity index (χ2n) is 6.80. The lowest BCUT2D eigenvalue weighted by Crippen LogP contribution is -2.17.